The van der Waals surface area contributed by atoms with Crippen molar-refractivity contribution in [3.8, 4) is 56.2 Å². The second-order valence-electron chi connectivity index (χ2n) is 17.7. The van der Waals surface area contributed by atoms with E-state index < -0.39 is 0 Å². The van der Waals surface area contributed by atoms with E-state index in [0.717, 1.165) is 67.6 Å². The van der Waals surface area contributed by atoms with Gasteiger partial charge in [-0.1, -0.05) is 186 Å². The lowest BCUT2D eigenvalue weighted by Gasteiger charge is -2.24. The quantitative estimate of drug-likeness (QED) is 0.136. The molecule has 8 aromatic rings. The van der Waals surface area contributed by atoms with E-state index in [-0.39, 0.29) is 10.8 Å². The highest BCUT2D eigenvalue weighted by Crippen LogP contribution is 2.56. The van der Waals surface area contributed by atoms with Gasteiger partial charge in [0.2, 0.25) is 0 Å². The Labute approximate surface area is 366 Å². The van der Waals surface area contributed by atoms with Crippen LogP contribution in [-0.4, -0.2) is 15.7 Å². The molecule has 3 heteroatoms. The molecule has 0 spiro atoms. The van der Waals surface area contributed by atoms with Gasteiger partial charge in [0.15, 0.2) is 5.82 Å². The summed E-state index contributed by atoms with van der Waals surface area (Å²) < 4.78 is 0. The molecule has 7 aromatic carbocycles. The van der Waals surface area contributed by atoms with Gasteiger partial charge < -0.3 is 0 Å². The normalized spacial score (nSPS) is 14.5. The molecule has 0 saturated carbocycles. The Hall–Kier alpha value is -7.23. The van der Waals surface area contributed by atoms with Gasteiger partial charge in [0.05, 0.1) is 17.1 Å². The van der Waals surface area contributed by atoms with Crippen LogP contribution in [0.1, 0.15) is 80.0 Å². The van der Waals surface area contributed by atoms with E-state index in [4.69, 9.17) is 15.0 Å². The molecule has 2 aliphatic rings. The minimum Gasteiger partial charge on any atom is -0.253 e. The summed E-state index contributed by atoms with van der Waals surface area (Å²) in [5.74, 6) is 0.731. The lowest BCUT2D eigenvalue weighted by Crippen LogP contribution is -2.17. The second kappa shape index (κ2) is 15.3. The molecule has 0 amide bonds. The number of rotatable bonds is 9. The zero-order valence-corrected chi connectivity index (χ0v) is 36.1. The first-order valence-electron chi connectivity index (χ1n) is 21.6. The minimum absolute atomic E-state index is 0.223. The molecule has 0 unspecified atom stereocenters. The predicted octanol–water partition coefficient (Wildman–Crippen LogP) is 15.0. The highest BCUT2D eigenvalue weighted by Gasteiger charge is 2.42. The second-order valence-corrected chi connectivity index (χ2v) is 17.7. The molecular weight excluding hydrogens is 751 g/mol. The average Bonchev–Trinajstić information content (AvgIpc) is 3.68. The molecule has 0 radical (unpaired) electrons. The van der Waals surface area contributed by atoms with Crippen molar-refractivity contribution in [2.45, 2.75) is 51.9 Å². The van der Waals surface area contributed by atoms with E-state index >= 15 is 0 Å². The summed E-state index contributed by atoms with van der Waals surface area (Å²) in [5.41, 5.74) is 21.4. The van der Waals surface area contributed by atoms with Crippen LogP contribution >= 0.6 is 0 Å². The molecular formula is C59H49N3. The van der Waals surface area contributed by atoms with Gasteiger partial charge in [0.25, 0.3) is 0 Å². The molecule has 3 nitrogen and oxygen atoms in total. The van der Waals surface area contributed by atoms with Crippen molar-refractivity contribution in [3.63, 3.8) is 0 Å². The van der Waals surface area contributed by atoms with Gasteiger partial charge in [-0.05, 0) is 105 Å². The van der Waals surface area contributed by atoms with Gasteiger partial charge in [0.1, 0.15) is 0 Å². The van der Waals surface area contributed by atoms with Gasteiger partial charge in [-0.2, -0.15) is 0 Å². The number of hydrogen-bond donors (Lipinski definition) is 0. The highest BCUT2D eigenvalue weighted by molar-refractivity contribution is 6.02. The molecule has 0 bridgehead atoms. The van der Waals surface area contributed by atoms with Crippen LogP contribution in [0.2, 0.25) is 0 Å². The molecule has 0 aliphatic heterocycles. The smallest absolute Gasteiger partial charge is 0.160 e. The molecule has 1 aromatic heterocycles. The van der Waals surface area contributed by atoms with Crippen LogP contribution < -0.4 is 0 Å². The van der Waals surface area contributed by atoms with Crippen LogP contribution in [0.15, 0.2) is 194 Å². The van der Waals surface area contributed by atoms with Crippen LogP contribution in [0.3, 0.4) is 0 Å². The molecule has 300 valence electrons. The maximum Gasteiger partial charge on any atom is 0.160 e. The van der Waals surface area contributed by atoms with Gasteiger partial charge in [-0.25, -0.2) is 9.97 Å². The monoisotopic (exact) mass is 799 g/mol. The summed E-state index contributed by atoms with van der Waals surface area (Å²) in [5, 5.41) is 0. The maximum absolute atomic E-state index is 5.30. The Morgan fingerprint density at radius 3 is 1.50 bits per heavy atom. The van der Waals surface area contributed by atoms with E-state index in [0.29, 0.717) is 6.42 Å². The Morgan fingerprint density at radius 1 is 0.484 bits per heavy atom. The number of benzene rings is 7. The lowest BCUT2D eigenvalue weighted by atomic mass is 9.79. The third-order valence-corrected chi connectivity index (χ3v) is 13.1. The summed E-state index contributed by atoms with van der Waals surface area (Å²) in [6.07, 6.45) is 2.94. The molecule has 1 heterocycles. The van der Waals surface area contributed by atoms with Crippen molar-refractivity contribution >= 4 is 17.0 Å². The molecule has 0 N–H and O–H groups in total. The topological polar surface area (TPSA) is 38.1 Å². The SMILES string of the molecule is C=C(CC=C(N=C(C)c1ccccc1)c1ccc2c(c1)C(C)(C)c1cc3c(cc1-2)C(C)(C)c1cc(-c2nc(-c4ccccc4)cc(-c4ccccc4)n2)ccc1-3)c1ccccc1. The standard InChI is InChI=1S/C59H49N3/c1-38(40-19-11-7-12-20-40)27-32-54(60-39(2)41-21-13-8-14-22-41)44-28-30-46-48-35-53-49(36-52(48)58(3,4)50(46)33-44)47-31-29-45(34-51(47)59(53,5)6)57-61-55(42-23-15-9-16-24-42)37-56(62-57)43-25-17-10-18-26-43/h7-26,28-37H,1,27H2,2-6H3. The molecule has 2 aliphatic carbocycles. The van der Waals surface area contributed by atoms with Crippen molar-refractivity contribution in [1.29, 1.82) is 0 Å². The van der Waals surface area contributed by atoms with E-state index in [9.17, 15) is 0 Å². The van der Waals surface area contributed by atoms with Crippen LogP contribution in [0.25, 0.3) is 67.4 Å². The first kappa shape index (κ1) is 38.9. The van der Waals surface area contributed by atoms with E-state index in [1.54, 1.807) is 0 Å². The largest absolute Gasteiger partial charge is 0.253 e. The third-order valence-electron chi connectivity index (χ3n) is 13.1. The molecule has 62 heavy (non-hydrogen) atoms. The summed E-state index contributed by atoms with van der Waals surface area (Å²) in [7, 11) is 0. The number of aromatic nitrogens is 2. The van der Waals surface area contributed by atoms with Gasteiger partial charge in [-0.15, -0.1) is 0 Å². The van der Waals surface area contributed by atoms with Crippen LogP contribution in [0.4, 0.5) is 0 Å². The van der Waals surface area contributed by atoms with Crippen molar-refractivity contribution in [1.82, 2.24) is 9.97 Å². The molecule has 0 saturated heterocycles. The first-order chi connectivity index (χ1) is 30.1. The summed E-state index contributed by atoms with van der Waals surface area (Å²) in [4.78, 5) is 15.6. The van der Waals surface area contributed by atoms with Crippen molar-refractivity contribution in [2.24, 2.45) is 4.99 Å². The summed E-state index contributed by atoms with van der Waals surface area (Å²) >= 11 is 0. The number of nitrogens with zero attached hydrogens (tertiary/aromatic N) is 3. The van der Waals surface area contributed by atoms with Gasteiger partial charge in [0, 0.05) is 38.8 Å². The van der Waals surface area contributed by atoms with Crippen LogP contribution in [0.5, 0.6) is 0 Å². The average molecular weight is 800 g/mol. The summed E-state index contributed by atoms with van der Waals surface area (Å²) in [6.45, 7) is 16.0. The van der Waals surface area contributed by atoms with Crippen LogP contribution in [-0.2, 0) is 10.8 Å². The first-order valence-corrected chi connectivity index (χ1v) is 21.6. The van der Waals surface area contributed by atoms with E-state index in [1.165, 1.54) is 44.5 Å². The fourth-order valence-electron chi connectivity index (χ4n) is 9.51. The lowest BCUT2D eigenvalue weighted by molar-refractivity contribution is 0.652. The zero-order valence-electron chi connectivity index (χ0n) is 36.1. The fourth-order valence-corrected chi connectivity index (χ4v) is 9.51. The maximum atomic E-state index is 5.30. The van der Waals surface area contributed by atoms with Crippen LogP contribution in [0, 0.1) is 0 Å². The number of fused-ring (bicyclic) bond motifs is 6. The predicted molar refractivity (Wildman–Crippen MR) is 260 cm³/mol. The number of aliphatic imine (C=N–C) groups is 1. The highest BCUT2D eigenvalue weighted by atomic mass is 14.9. The van der Waals surface area contributed by atoms with Crippen molar-refractivity contribution in [2.75, 3.05) is 0 Å². The minimum atomic E-state index is -0.234. The Morgan fingerprint density at radius 2 is 0.952 bits per heavy atom. The number of allylic oxidation sites excluding steroid dienone is 2. The molecule has 0 fully saturated rings. The van der Waals surface area contributed by atoms with Gasteiger partial charge >= 0.3 is 0 Å². The van der Waals surface area contributed by atoms with Crippen molar-refractivity contribution < 1.29 is 0 Å². The summed E-state index contributed by atoms with van der Waals surface area (Å²) in [6, 6.07) is 62.5. The fraction of sp³-hybridized carbons (Fsp3) is 0.136. The zero-order chi connectivity index (χ0) is 42.6. The van der Waals surface area contributed by atoms with E-state index in [2.05, 4.69) is 199 Å². The molecule has 10 rings (SSSR count). The number of hydrogen-bond acceptors (Lipinski definition) is 3. The Balaban J connectivity index is 1.03. The van der Waals surface area contributed by atoms with Crippen molar-refractivity contribution in [3.05, 3.63) is 228 Å². The van der Waals surface area contributed by atoms with E-state index in [1.807, 2.05) is 24.3 Å². The van der Waals surface area contributed by atoms with Gasteiger partial charge in [-0.3, -0.25) is 4.99 Å². The Bertz CT molecular complexity index is 3020. The Kier molecular flexibility index (Phi) is 9.64. The molecule has 0 atom stereocenters. The third kappa shape index (κ3) is 6.84.